The van der Waals surface area contributed by atoms with Crippen molar-refractivity contribution < 1.29 is 0 Å². The molecule has 0 bridgehead atoms. The number of nitrogens with one attached hydrogen (secondary N) is 2. The number of rotatable bonds is 4. The van der Waals surface area contributed by atoms with Crippen LogP contribution in [0.25, 0.3) is 0 Å². The minimum atomic E-state index is 0.223. The van der Waals surface area contributed by atoms with E-state index in [0.29, 0.717) is 6.04 Å². The zero-order valence-electron chi connectivity index (χ0n) is 15.3. The number of hydrogen-bond donors (Lipinski definition) is 2. The molecule has 7 heteroatoms. The summed E-state index contributed by atoms with van der Waals surface area (Å²) < 4.78 is 3.22. The van der Waals surface area contributed by atoms with Crippen molar-refractivity contribution in [3.8, 4) is 0 Å². The van der Waals surface area contributed by atoms with Gasteiger partial charge in [0.05, 0.1) is 6.54 Å². The maximum Gasteiger partial charge on any atom is 0.191 e. The van der Waals surface area contributed by atoms with Gasteiger partial charge in [0.15, 0.2) is 5.96 Å². The highest BCUT2D eigenvalue weighted by atomic mass is 79.9. The van der Waals surface area contributed by atoms with Crippen LogP contribution in [0.5, 0.6) is 0 Å². The summed E-state index contributed by atoms with van der Waals surface area (Å²) in [6.07, 6.45) is 4.43. The molecule has 1 aromatic heterocycles. The van der Waals surface area contributed by atoms with Crippen LogP contribution in [-0.4, -0.2) is 40.4 Å². The molecule has 2 aromatic rings. The normalized spacial score (nSPS) is 21.2. The van der Waals surface area contributed by atoms with E-state index in [2.05, 4.69) is 65.9 Å². The molecule has 1 aromatic carbocycles. The Labute approximate surface area is 162 Å². The standard InChI is InChI=1S/C19H25BrN6/c1-13-23-17-8-7-14(11-26(17)25-13)24-18(21-2)22-12-19(9-10-19)15-5-3-4-6-16(15)20/h3-6,14H,7-12H2,1-2H3,(H2,21,22,24). The number of benzene rings is 1. The van der Waals surface area contributed by atoms with Crippen LogP contribution in [0.3, 0.4) is 0 Å². The molecule has 1 fully saturated rings. The fourth-order valence-corrected chi connectivity index (χ4v) is 4.48. The third-order valence-electron chi connectivity index (χ3n) is 5.42. The van der Waals surface area contributed by atoms with Gasteiger partial charge in [-0.05, 0) is 37.8 Å². The molecule has 1 atom stereocenters. The van der Waals surface area contributed by atoms with Crippen molar-refractivity contribution in [3.05, 3.63) is 46.0 Å². The number of fused-ring (bicyclic) bond motifs is 1. The fraction of sp³-hybridized carbons (Fsp3) is 0.526. The maximum absolute atomic E-state index is 4.48. The first kappa shape index (κ1) is 17.5. The molecule has 2 N–H and O–H groups in total. The highest BCUT2D eigenvalue weighted by Gasteiger charge is 2.45. The van der Waals surface area contributed by atoms with Gasteiger partial charge in [0.1, 0.15) is 11.6 Å². The Bertz CT molecular complexity index is 823. The van der Waals surface area contributed by atoms with Gasteiger partial charge in [-0.2, -0.15) is 5.10 Å². The molecule has 2 heterocycles. The number of hydrogen-bond acceptors (Lipinski definition) is 3. The summed E-state index contributed by atoms with van der Waals surface area (Å²) in [4.78, 5) is 8.91. The minimum absolute atomic E-state index is 0.223. The predicted octanol–water partition coefficient (Wildman–Crippen LogP) is 2.56. The van der Waals surface area contributed by atoms with E-state index in [1.54, 1.807) is 0 Å². The van der Waals surface area contributed by atoms with Crippen LogP contribution in [0.1, 0.15) is 36.5 Å². The fourth-order valence-electron chi connectivity index (χ4n) is 3.78. The molecule has 0 amide bonds. The van der Waals surface area contributed by atoms with Crippen LogP contribution in [0.4, 0.5) is 0 Å². The first-order valence-electron chi connectivity index (χ1n) is 9.22. The molecule has 1 aliphatic carbocycles. The van der Waals surface area contributed by atoms with Crippen molar-refractivity contribution in [2.45, 2.75) is 50.6 Å². The topological polar surface area (TPSA) is 67.1 Å². The number of nitrogens with zero attached hydrogens (tertiary/aromatic N) is 4. The van der Waals surface area contributed by atoms with Crippen molar-refractivity contribution in [2.24, 2.45) is 4.99 Å². The third kappa shape index (κ3) is 3.49. The Morgan fingerprint density at radius 3 is 2.92 bits per heavy atom. The Kier molecular flexibility index (Phi) is 4.73. The van der Waals surface area contributed by atoms with Crippen molar-refractivity contribution in [3.63, 3.8) is 0 Å². The molecule has 1 unspecified atom stereocenters. The lowest BCUT2D eigenvalue weighted by Gasteiger charge is -2.26. The summed E-state index contributed by atoms with van der Waals surface area (Å²) in [5.41, 5.74) is 1.61. The van der Waals surface area contributed by atoms with Gasteiger partial charge in [-0.15, -0.1) is 0 Å². The summed E-state index contributed by atoms with van der Waals surface area (Å²) in [7, 11) is 1.83. The molecule has 138 valence electrons. The molecule has 4 rings (SSSR count). The van der Waals surface area contributed by atoms with Crippen LogP contribution in [0, 0.1) is 6.92 Å². The van der Waals surface area contributed by atoms with Gasteiger partial charge in [0.2, 0.25) is 0 Å². The molecule has 6 nitrogen and oxygen atoms in total. The molecule has 0 spiro atoms. The number of guanidine groups is 1. The van der Waals surface area contributed by atoms with Gasteiger partial charge in [0.25, 0.3) is 0 Å². The van der Waals surface area contributed by atoms with E-state index in [0.717, 1.165) is 43.5 Å². The zero-order valence-corrected chi connectivity index (χ0v) is 16.9. The van der Waals surface area contributed by atoms with Crippen LogP contribution in [0.2, 0.25) is 0 Å². The molecule has 2 aliphatic rings. The number of aliphatic imine (C=N–C) groups is 1. The van der Waals surface area contributed by atoms with E-state index in [4.69, 9.17) is 0 Å². The number of aromatic nitrogens is 3. The van der Waals surface area contributed by atoms with E-state index in [9.17, 15) is 0 Å². The summed E-state index contributed by atoms with van der Waals surface area (Å²) in [5.74, 6) is 2.82. The summed E-state index contributed by atoms with van der Waals surface area (Å²) >= 11 is 3.70. The van der Waals surface area contributed by atoms with Crippen LogP contribution in [0.15, 0.2) is 33.7 Å². The minimum Gasteiger partial charge on any atom is -0.356 e. The first-order chi connectivity index (χ1) is 12.6. The second-order valence-corrected chi connectivity index (χ2v) is 8.18. The first-order valence-corrected chi connectivity index (χ1v) is 10.0. The van der Waals surface area contributed by atoms with E-state index < -0.39 is 0 Å². The summed E-state index contributed by atoms with van der Waals surface area (Å²) in [5, 5.41) is 11.6. The van der Waals surface area contributed by atoms with Gasteiger partial charge in [-0.3, -0.25) is 4.99 Å². The zero-order chi connectivity index (χ0) is 18.1. The van der Waals surface area contributed by atoms with Gasteiger partial charge < -0.3 is 10.6 Å². The molecule has 26 heavy (non-hydrogen) atoms. The molecule has 0 saturated heterocycles. The Hall–Kier alpha value is -1.89. The Morgan fingerprint density at radius 2 is 2.19 bits per heavy atom. The van der Waals surface area contributed by atoms with E-state index in [1.807, 2.05) is 18.7 Å². The van der Waals surface area contributed by atoms with E-state index >= 15 is 0 Å². The van der Waals surface area contributed by atoms with Gasteiger partial charge in [-0.1, -0.05) is 34.1 Å². The molecular weight excluding hydrogens is 392 g/mol. The second kappa shape index (κ2) is 7.02. The van der Waals surface area contributed by atoms with Gasteiger partial charge >= 0.3 is 0 Å². The number of aryl methyl sites for hydroxylation is 2. The number of halogens is 1. The molecule has 1 saturated carbocycles. The Balaban J connectivity index is 1.37. The van der Waals surface area contributed by atoms with E-state index in [1.165, 1.54) is 22.9 Å². The lowest BCUT2D eigenvalue weighted by Crippen LogP contribution is -2.48. The average Bonchev–Trinajstić information content (AvgIpc) is 3.33. The highest BCUT2D eigenvalue weighted by Crippen LogP contribution is 2.49. The smallest absolute Gasteiger partial charge is 0.191 e. The highest BCUT2D eigenvalue weighted by molar-refractivity contribution is 9.10. The van der Waals surface area contributed by atoms with Crippen molar-refractivity contribution >= 4 is 21.9 Å². The summed E-state index contributed by atoms with van der Waals surface area (Å²) in [6.45, 7) is 3.69. The van der Waals surface area contributed by atoms with Gasteiger partial charge in [0, 0.05) is 35.9 Å². The van der Waals surface area contributed by atoms with Crippen molar-refractivity contribution in [2.75, 3.05) is 13.6 Å². The SMILES string of the molecule is CN=C(NCC1(c2ccccc2Br)CC1)NC1CCc2nc(C)nn2C1. The lowest BCUT2D eigenvalue weighted by molar-refractivity contribution is 0.392. The monoisotopic (exact) mass is 416 g/mol. The van der Waals surface area contributed by atoms with Crippen LogP contribution >= 0.6 is 15.9 Å². The maximum atomic E-state index is 4.48. The average molecular weight is 417 g/mol. The van der Waals surface area contributed by atoms with Gasteiger partial charge in [-0.25, -0.2) is 9.67 Å². The van der Waals surface area contributed by atoms with Crippen LogP contribution in [-0.2, 0) is 18.4 Å². The largest absolute Gasteiger partial charge is 0.356 e. The Morgan fingerprint density at radius 1 is 1.38 bits per heavy atom. The third-order valence-corrected chi connectivity index (χ3v) is 6.11. The van der Waals surface area contributed by atoms with Crippen molar-refractivity contribution in [1.82, 2.24) is 25.4 Å². The van der Waals surface area contributed by atoms with Crippen LogP contribution < -0.4 is 10.6 Å². The second-order valence-electron chi connectivity index (χ2n) is 7.32. The molecule has 1 aliphatic heterocycles. The molecule has 0 radical (unpaired) electrons. The van der Waals surface area contributed by atoms with E-state index in [-0.39, 0.29) is 5.41 Å². The quantitative estimate of drug-likeness (QED) is 0.593. The molecular formula is C19H25BrN6. The lowest BCUT2D eigenvalue weighted by atomic mass is 9.96. The van der Waals surface area contributed by atoms with Crippen molar-refractivity contribution in [1.29, 1.82) is 0 Å². The summed E-state index contributed by atoms with van der Waals surface area (Å²) in [6, 6.07) is 8.87. The predicted molar refractivity (Wildman–Crippen MR) is 106 cm³/mol.